The van der Waals surface area contributed by atoms with E-state index < -0.39 is 6.10 Å². The molecular formula is C22H28N2O2. The third-order valence-corrected chi connectivity index (χ3v) is 4.90. The number of hydrogen-bond donors (Lipinski definition) is 1. The van der Waals surface area contributed by atoms with Gasteiger partial charge < -0.3 is 15.0 Å². The summed E-state index contributed by atoms with van der Waals surface area (Å²) in [6.45, 7) is 6.67. The van der Waals surface area contributed by atoms with Crippen molar-refractivity contribution in [2.24, 2.45) is 0 Å². The molecule has 1 atom stereocenters. The Morgan fingerprint density at radius 1 is 1.12 bits per heavy atom. The van der Waals surface area contributed by atoms with Crippen LogP contribution in [0.25, 0.3) is 0 Å². The van der Waals surface area contributed by atoms with Crippen molar-refractivity contribution < 1.29 is 9.53 Å². The van der Waals surface area contributed by atoms with Crippen LogP contribution in [-0.4, -0.2) is 25.1 Å². The van der Waals surface area contributed by atoms with Crippen molar-refractivity contribution in [1.29, 1.82) is 0 Å². The molecule has 0 spiro atoms. The molecule has 1 amide bonds. The van der Waals surface area contributed by atoms with E-state index in [1.54, 1.807) is 6.92 Å². The highest BCUT2D eigenvalue weighted by atomic mass is 16.5. The lowest BCUT2D eigenvalue weighted by molar-refractivity contribution is -0.127. The van der Waals surface area contributed by atoms with Crippen LogP contribution in [0.3, 0.4) is 0 Å². The predicted octanol–water partition coefficient (Wildman–Crippen LogP) is 3.93. The number of rotatable bonds is 7. The number of nitrogens with one attached hydrogen (secondary N) is 1. The largest absolute Gasteiger partial charge is 0.481 e. The van der Waals surface area contributed by atoms with Crippen LogP contribution in [0.5, 0.6) is 5.75 Å². The van der Waals surface area contributed by atoms with E-state index in [0.29, 0.717) is 6.54 Å². The molecule has 4 heteroatoms. The van der Waals surface area contributed by atoms with Gasteiger partial charge in [0.05, 0.1) is 0 Å². The average Bonchev–Trinajstić information content (AvgIpc) is 3.21. The minimum Gasteiger partial charge on any atom is -0.481 e. The second kappa shape index (κ2) is 8.75. The lowest BCUT2D eigenvalue weighted by Crippen LogP contribution is -2.36. The molecule has 1 N–H and O–H groups in total. The Morgan fingerprint density at radius 3 is 2.50 bits per heavy atom. The standard InChI is InChI=1S/C22H28N2O2/c1-3-19-8-4-5-9-21(19)26-17(2)22(25)23-16-18-10-12-20(13-11-18)24-14-6-7-15-24/h4-5,8-13,17H,3,6-7,14-16H2,1-2H3,(H,23,25)/t17-/m0/s1. The molecule has 2 aromatic carbocycles. The molecule has 1 saturated heterocycles. The van der Waals surface area contributed by atoms with E-state index in [4.69, 9.17) is 4.74 Å². The van der Waals surface area contributed by atoms with E-state index >= 15 is 0 Å². The smallest absolute Gasteiger partial charge is 0.261 e. The van der Waals surface area contributed by atoms with Crippen molar-refractivity contribution in [2.45, 2.75) is 45.8 Å². The lowest BCUT2D eigenvalue weighted by Gasteiger charge is -2.18. The highest BCUT2D eigenvalue weighted by Gasteiger charge is 2.16. The van der Waals surface area contributed by atoms with Crippen molar-refractivity contribution in [1.82, 2.24) is 5.32 Å². The van der Waals surface area contributed by atoms with E-state index in [2.05, 4.69) is 41.4 Å². The fourth-order valence-electron chi connectivity index (χ4n) is 3.29. The molecule has 1 aliphatic rings. The van der Waals surface area contributed by atoms with Crippen molar-refractivity contribution in [2.75, 3.05) is 18.0 Å². The van der Waals surface area contributed by atoms with Gasteiger partial charge in [-0.25, -0.2) is 0 Å². The molecule has 3 rings (SSSR count). The summed E-state index contributed by atoms with van der Waals surface area (Å²) in [5.41, 5.74) is 3.48. The van der Waals surface area contributed by atoms with E-state index in [1.807, 2.05) is 24.3 Å². The SMILES string of the molecule is CCc1ccccc1O[C@@H](C)C(=O)NCc1ccc(N2CCCC2)cc1. The average molecular weight is 352 g/mol. The normalized spacial score (nSPS) is 14.9. The number of nitrogens with zero attached hydrogens (tertiary/aromatic N) is 1. The summed E-state index contributed by atoms with van der Waals surface area (Å²) in [5, 5.41) is 2.97. The first-order valence-corrected chi connectivity index (χ1v) is 9.53. The van der Waals surface area contributed by atoms with Crippen LogP contribution in [0, 0.1) is 0 Å². The Morgan fingerprint density at radius 2 is 1.81 bits per heavy atom. The number of aryl methyl sites for hydroxylation is 1. The van der Waals surface area contributed by atoms with E-state index in [9.17, 15) is 4.79 Å². The van der Waals surface area contributed by atoms with Gasteiger partial charge in [0.2, 0.25) is 0 Å². The number of carbonyl (C=O) groups excluding carboxylic acids is 1. The molecule has 0 radical (unpaired) electrons. The maximum absolute atomic E-state index is 12.4. The van der Waals surface area contributed by atoms with Gasteiger partial charge in [-0.05, 0) is 55.5 Å². The topological polar surface area (TPSA) is 41.6 Å². The first-order valence-electron chi connectivity index (χ1n) is 9.53. The van der Waals surface area contributed by atoms with Crippen LogP contribution in [0.1, 0.15) is 37.8 Å². The lowest BCUT2D eigenvalue weighted by atomic mass is 10.1. The van der Waals surface area contributed by atoms with Crippen LogP contribution in [-0.2, 0) is 17.8 Å². The van der Waals surface area contributed by atoms with Gasteiger partial charge in [0.1, 0.15) is 5.75 Å². The Balaban J connectivity index is 1.51. The second-order valence-electron chi connectivity index (χ2n) is 6.80. The van der Waals surface area contributed by atoms with Gasteiger partial charge in [0.25, 0.3) is 5.91 Å². The highest BCUT2D eigenvalue weighted by Crippen LogP contribution is 2.21. The second-order valence-corrected chi connectivity index (χ2v) is 6.80. The summed E-state index contributed by atoms with van der Waals surface area (Å²) in [4.78, 5) is 14.8. The summed E-state index contributed by atoms with van der Waals surface area (Å²) in [6, 6.07) is 16.3. The minimum atomic E-state index is -0.522. The molecule has 2 aromatic rings. The van der Waals surface area contributed by atoms with Gasteiger partial charge in [-0.1, -0.05) is 37.3 Å². The zero-order chi connectivity index (χ0) is 18.4. The Kier molecular flexibility index (Phi) is 6.16. The summed E-state index contributed by atoms with van der Waals surface area (Å²) < 4.78 is 5.85. The fraction of sp³-hybridized carbons (Fsp3) is 0.409. The monoisotopic (exact) mass is 352 g/mol. The number of hydrogen-bond acceptors (Lipinski definition) is 3. The molecule has 4 nitrogen and oxygen atoms in total. The van der Waals surface area contributed by atoms with Gasteiger partial charge in [-0.2, -0.15) is 0 Å². The molecule has 138 valence electrons. The molecule has 0 aliphatic carbocycles. The quantitative estimate of drug-likeness (QED) is 0.821. The maximum atomic E-state index is 12.4. The minimum absolute atomic E-state index is 0.0977. The number of amides is 1. The van der Waals surface area contributed by atoms with Gasteiger partial charge in [-0.15, -0.1) is 0 Å². The molecule has 0 unspecified atom stereocenters. The van der Waals surface area contributed by atoms with Crippen LogP contribution in [0.15, 0.2) is 48.5 Å². The summed E-state index contributed by atoms with van der Waals surface area (Å²) >= 11 is 0. The molecule has 0 bridgehead atoms. The van der Waals surface area contributed by atoms with E-state index in [1.165, 1.54) is 18.5 Å². The first kappa shape index (κ1) is 18.3. The first-order chi connectivity index (χ1) is 12.7. The zero-order valence-electron chi connectivity index (χ0n) is 15.7. The van der Waals surface area contributed by atoms with E-state index in [0.717, 1.165) is 36.4 Å². The summed E-state index contributed by atoms with van der Waals surface area (Å²) in [7, 11) is 0. The number of para-hydroxylation sites is 1. The molecule has 1 fully saturated rings. The summed E-state index contributed by atoms with van der Waals surface area (Å²) in [5.74, 6) is 0.687. The molecule has 0 aromatic heterocycles. The molecule has 26 heavy (non-hydrogen) atoms. The van der Waals surface area contributed by atoms with Crippen LogP contribution >= 0.6 is 0 Å². The van der Waals surface area contributed by atoms with Crippen molar-refractivity contribution in [3.63, 3.8) is 0 Å². The van der Waals surface area contributed by atoms with Gasteiger partial charge >= 0.3 is 0 Å². The number of anilines is 1. The third-order valence-electron chi connectivity index (χ3n) is 4.90. The molecule has 1 aliphatic heterocycles. The number of benzene rings is 2. The van der Waals surface area contributed by atoms with Crippen LogP contribution in [0.4, 0.5) is 5.69 Å². The van der Waals surface area contributed by atoms with Crippen LogP contribution in [0.2, 0.25) is 0 Å². The van der Waals surface area contributed by atoms with Crippen molar-refractivity contribution >= 4 is 11.6 Å². The molecular weight excluding hydrogens is 324 g/mol. The number of ether oxygens (including phenoxy) is 1. The third kappa shape index (κ3) is 4.57. The van der Waals surface area contributed by atoms with Gasteiger partial charge in [0, 0.05) is 25.3 Å². The van der Waals surface area contributed by atoms with Crippen LogP contribution < -0.4 is 15.0 Å². The molecule has 0 saturated carbocycles. The summed E-state index contributed by atoms with van der Waals surface area (Å²) in [6.07, 6.45) is 2.91. The maximum Gasteiger partial charge on any atom is 0.261 e. The zero-order valence-corrected chi connectivity index (χ0v) is 15.7. The fourth-order valence-corrected chi connectivity index (χ4v) is 3.29. The van der Waals surface area contributed by atoms with Crippen molar-refractivity contribution in [3.05, 3.63) is 59.7 Å². The Bertz CT molecular complexity index is 721. The number of carbonyl (C=O) groups is 1. The predicted molar refractivity (Wildman–Crippen MR) is 106 cm³/mol. The Hall–Kier alpha value is -2.49. The molecule has 1 heterocycles. The van der Waals surface area contributed by atoms with Crippen molar-refractivity contribution in [3.8, 4) is 5.75 Å². The van der Waals surface area contributed by atoms with Gasteiger partial charge in [0.15, 0.2) is 6.10 Å². The van der Waals surface area contributed by atoms with E-state index in [-0.39, 0.29) is 5.91 Å². The van der Waals surface area contributed by atoms with Gasteiger partial charge in [-0.3, -0.25) is 4.79 Å². The Labute approximate surface area is 156 Å². The highest BCUT2D eigenvalue weighted by molar-refractivity contribution is 5.80.